The maximum absolute atomic E-state index is 12.2. The first-order chi connectivity index (χ1) is 12.8. The number of rotatable bonds is 4. The Morgan fingerprint density at radius 2 is 2.15 bits per heavy atom. The smallest absolute Gasteiger partial charge is 0.262 e. The van der Waals surface area contributed by atoms with Gasteiger partial charge in [0.25, 0.3) is 5.91 Å². The monoisotopic (exact) mass is 369 g/mol. The minimum absolute atomic E-state index is 0.120. The molecule has 132 valence electrons. The standard InChI is InChI=1S/C18H15N3O4S/c22-15(21-10-4-5-12-13(6-10)25-9-24-12)7-23-17-16-11-2-1-3-14(11)26-18(16)20-8-19-17/h4-6,8H,1-3,7,9H2,(H,21,22). The molecule has 26 heavy (non-hydrogen) atoms. The number of fused-ring (bicyclic) bond motifs is 4. The summed E-state index contributed by atoms with van der Waals surface area (Å²) in [6.45, 7) is 0.0791. The van der Waals surface area contributed by atoms with Gasteiger partial charge in [-0.1, -0.05) is 0 Å². The van der Waals surface area contributed by atoms with Gasteiger partial charge in [0.1, 0.15) is 11.2 Å². The minimum atomic E-state index is -0.262. The number of carbonyl (C=O) groups excluding carboxylic acids is 1. The lowest BCUT2D eigenvalue weighted by Crippen LogP contribution is -2.20. The number of aromatic nitrogens is 2. The van der Waals surface area contributed by atoms with E-state index in [-0.39, 0.29) is 19.3 Å². The maximum Gasteiger partial charge on any atom is 0.262 e. The van der Waals surface area contributed by atoms with Crippen molar-refractivity contribution < 1.29 is 19.0 Å². The summed E-state index contributed by atoms with van der Waals surface area (Å²) >= 11 is 1.69. The van der Waals surface area contributed by atoms with Crippen molar-refractivity contribution in [2.45, 2.75) is 19.3 Å². The van der Waals surface area contributed by atoms with Gasteiger partial charge < -0.3 is 19.5 Å². The number of amides is 1. The molecule has 0 bridgehead atoms. The van der Waals surface area contributed by atoms with Gasteiger partial charge in [0.15, 0.2) is 18.1 Å². The third-order valence-electron chi connectivity index (χ3n) is 4.46. The van der Waals surface area contributed by atoms with Crippen molar-refractivity contribution >= 4 is 33.1 Å². The van der Waals surface area contributed by atoms with Crippen LogP contribution < -0.4 is 19.5 Å². The lowest BCUT2D eigenvalue weighted by atomic mass is 10.2. The van der Waals surface area contributed by atoms with E-state index in [4.69, 9.17) is 14.2 Å². The Kier molecular flexibility index (Phi) is 3.63. The molecule has 1 aliphatic carbocycles. The zero-order valence-corrected chi connectivity index (χ0v) is 14.6. The molecular formula is C18H15N3O4S. The van der Waals surface area contributed by atoms with Crippen molar-refractivity contribution in [1.82, 2.24) is 9.97 Å². The van der Waals surface area contributed by atoms with E-state index in [9.17, 15) is 4.79 Å². The minimum Gasteiger partial charge on any atom is -0.467 e. The third kappa shape index (κ3) is 2.62. The molecule has 8 heteroatoms. The number of aryl methyl sites for hydroxylation is 2. The van der Waals surface area contributed by atoms with Gasteiger partial charge >= 0.3 is 0 Å². The quantitative estimate of drug-likeness (QED) is 0.761. The molecule has 2 aliphatic rings. The van der Waals surface area contributed by atoms with E-state index in [2.05, 4.69) is 15.3 Å². The van der Waals surface area contributed by atoms with Crippen molar-refractivity contribution in [3.63, 3.8) is 0 Å². The number of carbonyl (C=O) groups is 1. The van der Waals surface area contributed by atoms with Gasteiger partial charge in [-0.05, 0) is 37.0 Å². The van der Waals surface area contributed by atoms with Crippen LogP contribution in [0.2, 0.25) is 0 Å². The number of thiophene rings is 1. The molecule has 7 nitrogen and oxygen atoms in total. The Balaban J connectivity index is 1.30. The van der Waals surface area contributed by atoms with E-state index >= 15 is 0 Å². The zero-order chi connectivity index (χ0) is 17.5. The molecule has 0 saturated heterocycles. The number of nitrogens with zero attached hydrogens (tertiary/aromatic N) is 2. The predicted molar refractivity (Wildman–Crippen MR) is 96.1 cm³/mol. The molecule has 1 N–H and O–H groups in total. The number of nitrogens with one attached hydrogen (secondary N) is 1. The number of hydrogen-bond acceptors (Lipinski definition) is 7. The average molecular weight is 369 g/mol. The average Bonchev–Trinajstić information content (AvgIpc) is 3.34. The van der Waals surface area contributed by atoms with Crippen molar-refractivity contribution in [2.24, 2.45) is 0 Å². The first kappa shape index (κ1) is 15.4. The van der Waals surface area contributed by atoms with E-state index in [1.165, 1.54) is 16.8 Å². The zero-order valence-electron chi connectivity index (χ0n) is 13.8. The normalized spacial score (nSPS) is 14.5. The molecule has 1 aromatic carbocycles. The molecule has 1 aliphatic heterocycles. The second-order valence-corrected chi connectivity index (χ2v) is 7.20. The molecule has 0 atom stereocenters. The summed E-state index contributed by atoms with van der Waals surface area (Å²) in [6.07, 6.45) is 4.73. The van der Waals surface area contributed by atoms with E-state index in [1.54, 1.807) is 29.5 Å². The first-order valence-corrected chi connectivity index (χ1v) is 9.17. The fourth-order valence-electron chi connectivity index (χ4n) is 3.31. The van der Waals surface area contributed by atoms with Gasteiger partial charge in [0, 0.05) is 16.6 Å². The number of ether oxygens (including phenoxy) is 3. The Hall–Kier alpha value is -2.87. The fraction of sp³-hybridized carbons (Fsp3) is 0.278. The number of benzene rings is 1. The van der Waals surface area contributed by atoms with Gasteiger partial charge in [-0.25, -0.2) is 9.97 Å². The van der Waals surface area contributed by atoms with Crippen LogP contribution in [0.25, 0.3) is 10.2 Å². The Labute approximate surface area is 152 Å². The molecule has 0 spiro atoms. The molecule has 3 heterocycles. The highest BCUT2D eigenvalue weighted by atomic mass is 32.1. The molecular weight excluding hydrogens is 354 g/mol. The lowest BCUT2D eigenvalue weighted by Gasteiger charge is -2.08. The third-order valence-corrected chi connectivity index (χ3v) is 5.66. The van der Waals surface area contributed by atoms with Crippen molar-refractivity contribution in [2.75, 3.05) is 18.7 Å². The molecule has 1 amide bonds. The highest BCUT2D eigenvalue weighted by molar-refractivity contribution is 7.18. The Morgan fingerprint density at radius 3 is 3.12 bits per heavy atom. The maximum atomic E-state index is 12.2. The van der Waals surface area contributed by atoms with Gasteiger partial charge in [-0.3, -0.25) is 4.79 Å². The van der Waals surface area contributed by atoms with Crippen molar-refractivity contribution in [3.05, 3.63) is 35.0 Å². The molecule has 0 radical (unpaired) electrons. The van der Waals surface area contributed by atoms with Gasteiger partial charge in [-0.2, -0.15) is 0 Å². The van der Waals surface area contributed by atoms with Crippen LogP contribution in [-0.4, -0.2) is 29.3 Å². The first-order valence-electron chi connectivity index (χ1n) is 8.35. The SMILES string of the molecule is O=C(COc1ncnc2sc3c(c12)CCC3)Nc1ccc2c(c1)OCO2. The van der Waals surface area contributed by atoms with Gasteiger partial charge in [0.2, 0.25) is 12.7 Å². The molecule has 2 aromatic heterocycles. The second-order valence-electron chi connectivity index (χ2n) is 6.12. The van der Waals surface area contributed by atoms with Crippen LogP contribution in [0.1, 0.15) is 16.9 Å². The summed E-state index contributed by atoms with van der Waals surface area (Å²) in [5.41, 5.74) is 1.91. The summed E-state index contributed by atoms with van der Waals surface area (Å²) in [5, 5.41) is 3.75. The van der Waals surface area contributed by atoms with Crippen LogP contribution in [0.4, 0.5) is 5.69 Å². The van der Waals surface area contributed by atoms with Crippen LogP contribution in [-0.2, 0) is 17.6 Å². The fourth-order valence-corrected chi connectivity index (χ4v) is 4.53. The van der Waals surface area contributed by atoms with E-state index in [1.807, 2.05) is 0 Å². The highest BCUT2D eigenvalue weighted by Gasteiger charge is 2.22. The van der Waals surface area contributed by atoms with Gasteiger partial charge in [-0.15, -0.1) is 11.3 Å². The van der Waals surface area contributed by atoms with E-state index in [0.717, 1.165) is 29.5 Å². The van der Waals surface area contributed by atoms with Crippen molar-refractivity contribution in [3.8, 4) is 17.4 Å². The summed E-state index contributed by atoms with van der Waals surface area (Å²) in [5.74, 6) is 1.52. The van der Waals surface area contributed by atoms with Crippen LogP contribution in [0.3, 0.4) is 0 Å². The molecule has 0 fully saturated rings. The van der Waals surface area contributed by atoms with E-state index in [0.29, 0.717) is 23.1 Å². The predicted octanol–water partition coefficient (Wildman–Crippen LogP) is 2.93. The molecule has 5 rings (SSSR count). The van der Waals surface area contributed by atoms with E-state index < -0.39 is 0 Å². The lowest BCUT2D eigenvalue weighted by molar-refractivity contribution is -0.118. The summed E-state index contributed by atoms with van der Waals surface area (Å²) in [4.78, 5) is 23.1. The number of anilines is 1. The largest absolute Gasteiger partial charge is 0.467 e. The van der Waals surface area contributed by atoms with Crippen LogP contribution in [0.15, 0.2) is 24.5 Å². The van der Waals surface area contributed by atoms with Crippen molar-refractivity contribution in [1.29, 1.82) is 0 Å². The molecule has 0 saturated carbocycles. The van der Waals surface area contributed by atoms with Crippen LogP contribution in [0, 0.1) is 0 Å². The summed E-state index contributed by atoms with van der Waals surface area (Å²) in [7, 11) is 0. The second kappa shape index (κ2) is 6.14. The molecule has 3 aromatic rings. The van der Waals surface area contributed by atoms with Crippen LogP contribution in [0.5, 0.6) is 17.4 Å². The summed E-state index contributed by atoms with van der Waals surface area (Å²) in [6, 6.07) is 5.26. The Morgan fingerprint density at radius 1 is 1.23 bits per heavy atom. The highest BCUT2D eigenvalue weighted by Crippen LogP contribution is 2.39. The Bertz CT molecular complexity index is 1020. The summed E-state index contributed by atoms with van der Waals surface area (Å²) < 4.78 is 16.3. The topological polar surface area (TPSA) is 82.6 Å². The molecule has 0 unspecified atom stereocenters. The number of hydrogen-bond donors (Lipinski definition) is 1. The van der Waals surface area contributed by atoms with Gasteiger partial charge in [0.05, 0.1) is 5.39 Å². The van der Waals surface area contributed by atoms with Crippen LogP contribution >= 0.6 is 11.3 Å².